The lowest BCUT2D eigenvalue weighted by Gasteiger charge is -2.03. The first-order valence-electron chi connectivity index (χ1n) is 5.77. The fourth-order valence-corrected chi connectivity index (χ4v) is 1.59. The van der Waals surface area contributed by atoms with Gasteiger partial charge in [0.05, 0.1) is 5.71 Å². The standard InChI is InChI=1S/C14H14N2O3/c1-9-7-8-13(19-9)14(18)16-15-10(2)11-5-3-4-6-12(11)17/h3-8,17H,1-2H3,(H,16,18)/b15-10+. The van der Waals surface area contributed by atoms with Crippen molar-refractivity contribution in [3.05, 3.63) is 53.5 Å². The molecule has 0 aliphatic heterocycles. The number of phenolic OH excluding ortho intramolecular Hbond substituents is 1. The Balaban J connectivity index is 2.11. The Bertz CT molecular complexity index is 629. The van der Waals surface area contributed by atoms with Crippen molar-refractivity contribution in [2.24, 2.45) is 5.10 Å². The first-order chi connectivity index (χ1) is 9.08. The third kappa shape index (κ3) is 3.01. The van der Waals surface area contributed by atoms with Crippen LogP contribution < -0.4 is 5.43 Å². The van der Waals surface area contributed by atoms with Gasteiger partial charge in [0.25, 0.3) is 0 Å². The molecule has 0 spiro atoms. The molecule has 0 aliphatic carbocycles. The Morgan fingerprint density at radius 2 is 2.00 bits per heavy atom. The van der Waals surface area contributed by atoms with Gasteiger partial charge in [-0.05, 0) is 38.1 Å². The molecule has 0 bridgehead atoms. The zero-order valence-corrected chi connectivity index (χ0v) is 10.7. The van der Waals surface area contributed by atoms with Crippen molar-refractivity contribution in [3.8, 4) is 5.75 Å². The molecule has 19 heavy (non-hydrogen) atoms. The normalized spacial score (nSPS) is 11.4. The number of aryl methyl sites for hydroxylation is 1. The maximum Gasteiger partial charge on any atom is 0.307 e. The fourth-order valence-electron chi connectivity index (χ4n) is 1.59. The van der Waals surface area contributed by atoms with Gasteiger partial charge in [-0.25, -0.2) is 5.43 Å². The van der Waals surface area contributed by atoms with Gasteiger partial charge in [-0.3, -0.25) is 4.79 Å². The molecule has 2 aromatic rings. The Hall–Kier alpha value is -2.56. The van der Waals surface area contributed by atoms with Gasteiger partial charge in [0, 0.05) is 5.56 Å². The number of rotatable bonds is 3. The topological polar surface area (TPSA) is 74.8 Å². The molecule has 0 atom stereocenters. The Labute approximate surface area is 110 Å². The molecule has 0 aliphatic rings. The van der Waals surface area contributed by atoms with Crippen molar-refractivity contribution in [1.82, 2.24) is 5.43 Å². The van der Waals surface area contributed by atoms with Crippen LogP contribution in [0.1, 0.15) is 28.8 Å². The number of nitrogens with one attached hydrogen (secondary N) is 1. The summed E-state index contributed by atoms with van der Waals surface area (Å²) >= 11 is 0. The first kappa shape index (κ1) is 12.9. The Morgan fingerprint density at radius 1 is 1.26 bits per heavy atom. The summed E-state index contributed by atoms with van der Waals surface area (Å²) in [7, 11) is 0. The molecule has 0 unspecified atom stereocenters. The van der Waals surface area contributed by atoms with E-state index in [4.69, 9.17) is 4.42 Å². The highest BCUT2D eigenvalue weighted by atomic mass is 16.3. The number of hydrogen-bond donors (Lipinski definition) is 2. The SMILES string of the molecule is C/C(=N\NC(=O)c1ccc(C)o1)c1ccccc1O. The molecule has 1 aromatic carbocycles. The van der Waals surface area contributed by atoms with Crippen molar-refractivity contribution >= 4 is 11.6 Å². The number of hydrazone groups is 1. The second-order valence-corrected chi connectivity index (χ2v) is 4.07. The molecule has 2 N–H and O–H groups in total. The van der Waals surface area contributed by atoms with Crippen LogP contribution in [0.2, 0.25) is 0 Å². The second kappa shape index (κ2) is 5.39. The highest BCUT2D eigenvalue weighted by molar-refractivity contribution is 6.02. The average molecular weight is 258 g/mol. The molecule has 5 nitrogen and oxygen atoms in total. The van der Waals surface area contributed by atoms with E-state index in [-0.39, 0.29) is 11.5 Å². The average Bonchev–Trinajstić information content (AvgIpc) is 2.83. The number of para-hydroxylation sites is 1. The van der Waals surface area contributed by atoms with Crippen molar-refractivity contribution < 1.29 is 14.3 Å². The molecular formula is C14H14N2O3. The Morgan fingerprint density at radius 3 is 2.63 bits per heavy atom. The molecule has 5 heteroatoms. The lowest BCUT2D eigenvalue weighted by molar-refractivity contribution is 0.0926. The van der Waals surface area contributed by atoms with Gasteiger partial charge >= 0.3 is 5.91 Å². The number of benzene rings is 1. The highest BCUT2D eigenvalue weighted by Crippen LogP contribution is 2.16. The number of phenols is 1. The number of amides is 1. The summed E-state index contributed by atoms with van der Waals surface area (Å²) in [5.74, 6) is 0.549. The minimum Gasteiger partial charge on any atom is -0.507 e. The van der Waals surface area contributed by atoms with Crippen molar-refractivity contribution in [2.75, 3.05) is 0 Å². The summed E-state index contributed by atoms with van der Waals surface area (Å²) in [5, 5.41) is 13.6. The molecule has 1 aromatic heterocycles. The van der Waals surface area contributed by atoms with E-state index in [0.717, 1.165) is 0 Å². The van der Waals surface area contributed by atoms with Crippen molar-refractivity contribution in [3.63, 3.8) is 0 Å². The minimum absolute atomic E-state index is 0.117. The van der Waals surface area contributed by atoms with Gasteiger partial charge < -0.3 is 9.52 Å². The van der Waals surface area contributed by atoms with Crippen LogP contribution in [0.3, 0.4) is 0 Å². The quantitative estimate of drug-likeness (QED) is 0.656. The predicted molar refractivity (Wildman–Crippen MR) is 71.2 cm³/mol. The van der Waals surface area contributed by atoms with Crippen LogP contribution in [0.25, 0.3) is 0 Å². The number of furan rings is 1. The van der Waals surface area contributed by atoms with Gasteiger partial charge in [0.15, 0.2) is 5.76 Å². The summed E-state index contributed by atoms with van der Waals surface area (Å²) in [5.41, 5.74) is 3.46. The molecule has 0 saturated heterocycles. The van der Waals surface area contributed by atoms with Gasteiger partial charge in [-0.2, -0.15) is 5.10 Å². The van der Waals surface area contributed by atoms with E-state index in [0.29, 0.717) is 17.0 Å². The number of nitrogens with zero attached hydrogens (tertiary/aromatic N) is 1. The van der Waals surface area contributed by atoms with Crippen LogP contribution in [0.4, 0.5) is 0 Å². The lowest BCUT2D eigenvalue weighted by Crippen LogP contribution is -2.18. The molecule has 2 rings (SSSR count). The zero-order chi connectivity index (χ0) is 13.8. The van der Waals surface area contributed by atoms with Crippen LogP contribution in [-0.4, -0.2) is 16.7 Å². The predicted octanol–water partition coefficient (Wildman–Crippen LogP) is 2.45. The van der Waals surface area contributed by atoms with Crippen molar-refractivity contribution in [1.29, 1.82) is 0 Å². The maximum atomic E-state index is 11.7. The number of hydrogen-bond acceptors (Lipinski definition) is 4. The van der Waals surface area contributed by atoms with Gasteiger partial charge in [0.1, 0.15) is 11.5 Å². The number of aromatic hydroxyl groups is 1. The molecular weight excluding hydrogens is 244 g/mol. The zero-order valence-electron chi connectivity index (χ0n) is 10.7. The van der Waals surface area contributed by atoms with E-state index in [2.05, 4.69) is 10.5 Å². The van der Waals surface area contributed by atoms with E-state index in [1.807, 2.05) is 0 Å². The smallest absolute Gasteiger partial charge is 0.307 e. The fraction of sp³-hybridized carbons (Fsp3) is 0.143. The van der Waals surface area contributed by atoms with E-state index in [1.54, 1.807) is 50.2 Å². The van der Waals surface area contributed by atoms with Gasteiger partial charge in [-0.1, -0.05) is 12.1 Å². The van der Waals surface area contributed by atoms with E-state index < -0.39 is 5.91 Å². The third-order valence-corrected chi connectivity index (χ3v) is 2.58. The second-order valence-electron chi connectivity index (χ2n) is 4.07. The lowest BCUT2D eigenvalue weighted by atomic mass is 10.1. The van der Waals surface area contributed by atoms with E-state index in [1.165, 1.54) is 0 Å². The van der Waals surface area contributed by atoms with Crippen LogP contribution in [0.15, 0.2) is 45.9 Å². The summed E-state index contributed by atoms with van der Waals surface area (Å²) in [6.07, 6.45) is 0. The molecule has 1 amide bonds. The van der Waals surface area contributed by atoms with Crippen LogP contribution >= 0.6 is 0 Å². The highest BCUT2D eigenvalue weighted by Gasteiger charge is 2.09. The maximum absolute atomic E-state index is 11.7. The molecule has 98 valence electrons. The molecule has 0 radical (unpaired) electrons. The van der Waals surface area contributed by atoms with Crippen LogP contribution in [-0.2, 0) is 0 Å². The van der Waals surface area contributed by atoms with Crippen molar-refractivity contribution in [2.45, 2.75) is 13.8 Å². The van der Waals surface area contributed by atoms with E-state index >= 15 is 0 Å². The largest absolute Gasteiger partial charge is 0.507 e. The number of carbonyl (C=O) groups is 1. The first-order valence-corrected chi connectivity index (χ1v) is 5.77. The van der Waals surface area contributed by atoms with Crippen LogP contribution in [0, 0.1) is 6.92 Å². The van der Waals surface area contributed by atoms with Crippen LogP contribution in [0.5, 0.6) is 5.75 Å². The van der Waals surface area contributed by atoms with Gasteiger partial charge in [0.2, 0.25) is 0 Å². The van der Waals surface area contributed by atoms with Gasteiger partial charge in [-0.15, -0.1) is 0 Å². The molecule has 0 fully saturated rings. The monoisotopic (exact) mass is 258 g/mol. The minimum atomic E-state index is -0.428. The van der Waals surface area contributed by atoms with E-state index in [9.17, 15) is 9.90 Å². The summed E-state index contributed by atoms with van der Waals surface area (Å²) in [6, 6.07) is 10.1. The molecule has 1 heterocycles. The summed E-state index contributed by atoms with van der Waals surface area (Å²) in [6.45, 7) is 3.45. The third-order valence-electron chi connectivity index (χ3n) is 2.58. The summed E-state index contributed by atoms with van der Waals surface area (Å²) in [4.78, 5) is 11.7. The number of carbonyl (C=O) groups excluding carboxylic acids is 1. The molecule has 0 saturated carbocycles. The Kier molecular flexibility index (Phi) is 3.66. The summed E-state index contributed by atoms with van der Waals surface area (Å²) < 4.78 is 5.18.